The second-order valence-corrected chi connectivity index (χ2v) is 6.58. The zero-order valence-corrected chi connectivity index (χ0v) is 14.9. The molecule has 1 amide bonds. The van der Waals surface area contributed by atoms with Gasteiger partial charge in [0.2, 0.25) is 0 Å². The van der Waals surface area contributed by atoms with Crippen molar-refractivity contribution in [3.63, 3.8) is 0 Å². The van der Waals surface area contributed by atoms with Crippen LogP contribution in [0.4, 0.5) is 0 Å². The van der Waals surface area contributed by atoms with E-state index in [1.165, 1.54) is 5.56 Å². The Morgan fingerprint density at radius 2 is 1.87 bits per heavy atom. The number of hydrogen-bond donors (Lipinski definition) is 0. The van der Waals surface area contributed by atoms with E-state index in [1.54, 1.807) is 0 Å². The molecule has 1 saturated heterocycles. The molecule has 1 atom stereocenters. The molecule has 0 aliphatic carbocycles. The highest BCUT2D eigenvalue weighted by molar-refractivity contribution is 5.97. The number of aromatic nitrogens is 2. The molecule has 1 aliphatic rings. The number of amides is 1. The van der Waals surface area contributed by atoms with Crippen LogP contribution in [0.1, 0.15) is 63.3 Å². The maximum atomic E-state index is 13.2. The van der Waals surface area contributed by atoms with Gasteiger partial charge in [-0.15, -0.1) is 0 Å². The molecule has 3 heterocycles. The lowest BCUT2D eigenvalue weighted by Gasteiger charge is -2.25. The Balaban J connectivity index is 2.00. The van der Waals surface area contributed by atoms with Crippen LogP contribution in [0, 0.1) is 34.6 Å². The molecule has 0 N–H and O–H groups in total. The minimum Gasteiger partial charge on any atom is -0.466 e. The first-order valence-electron chi connectivity index (χ1n) is 8.20. The molecule has 0 unspecified atom stereocenters. The average molecular weight is 315 g/mol. The van der Waals surface area contributed by atoms with E-state index in [9.17, 15) is 4.79 Å². The Morgan fingerprint density at radius 3 is 2.39 bits per heavy atom. The number of rotatable bonds is 2. The lowest BCUT2D eigenvalue weighted by atomic mass is 10.0. The van der Waals surface area contributed by atoms with Crippen molar-refractivity contribution in [1.82, 2.24) is 14.7 Å². The first-order chi connectivity index (χ1) is 10.8. The van der Waals surface area contributed by atoms with E-state index in [4.69, 9.17) is 4.42 Å². The van der Waals surface area contributed by atoms with Crippen LogP contribution in [0.5, 0.6) is 0 Å². The molecule has 0 radical (unpaired) electrons. The molecular weight excluding hydrogens is 290 g/mol. The second-order valence-electron chi connectivity index (χ2n) is 6.58. The fourth-order valence-corrected chi connectivity index (χ4v) is 3.83. The van der Waals surface area contributed by atoms with E-state index < -0.39 is 0 Å². The molecule has 0 bridgehead atoms. The van der Waals surface area contributed by atoms with Crippen LogP contribution < -0.4 is 0 Å². The van der Waals surface area contributed by atoms with Crippen LogP contribution in [0.15, 0.2) is 4.42 Å². The van der Waals surface area contributed by atoms with Gasteiger partial charge in [-0.05, 0) is 47.5 Å². The van der Waals surface area contributed by atoms with Crippen LogP contribution in [0.3, 0.4) is 0 Å². The normalized spacial score (nSPS) is 18.0. The largest absolute Gasteiger partial charge is 0.466 e. The zero-order valence-electron chi connectivity index (χ0n) is 14.9. The number of aryl methyl sites for hydroxylation is 4. The van der Waals surface area contributed by atoms with Crippen molar-refractivity contribution in [3.05, 3.63) is 39.6 Å². The molecule has 1 aliphatic heterocycles. The van der Waals surface area contributed by atoms with Gasteiger partial charge in [0.25, 0.3) is 5.91 Å². The summed E-state index contributed by atoms with van der Waals surface area (Å²) in [7, 11) is 1.96. The number of nitrogens with zero attached hydrogens (tertiary/aromatic N) is 3. The molecular formula is C18H25N3O2. The third-order valence-electron chi connectivity index (χ3n) is 5.19. The van der Waals surface area contributed by atoms with Crippen molar-refractivity contribution in [2.24, 2.45) is 7.05 Å². The SMILES string of the molecule is Cc1nn(C)c(C)c1[C@@H]1CCCN1C(=O)c1c(C)oc(C)c1C. The third-order valence-corrected chi connectivity index (χ3v) is 5.19. The van der Waals surface area contributed by atoms with E-state index in [2.05, 4.69) is 12.0 Å². The maximum absolute atomic E-state index is 13.2. The predicted octanol–water partition coefficient (Wildman–Crippen LogP) is 3.53. The molecule has 0 spiro atoms. The summed E-state index contributed by atoms with van der Waals surface area (Å²) in [5.74, 6) is 1.63. The van der Waals surface area contributed by atoms with Gasteiger partial charge in [-0.25, -0.2) is 0 Å². The minimum absolute atomic E-state index is 0.0852. The highest BCUT2D eigenvalue weighted by Crippen LogP contribution is 2.37. The van der Waals surface area contributed by atoms with Gasteiger partial charge < -0.3 is 9.32 Å². The molecule has 0 saturated carbocycles. The van der Waals surface area contributed by atoms with Crippen LogP contribution in [-0.4, -0.2) is 27.1 Å². The molecule has 0 aromatic carbocycles. The molecule has 5 heteroatoms. The Morgan fingerprint density at radius 1 is 1.17 bits per heavy atom. The van der Waals surface area contributed by atoms with Crippen molar-refractivity contribution >= 4 is 5.91 Å². The van der Waals surface area contributed by atoms with Crippen LogP contribution in [0.2, 0.25) is 0 Å². The van der Waals surface area contributed by atoms with E-state index in [1.807, 2.05) is 44.3 Å². The highest BCUT2D eigenvalue weighted by Gasteiger charge is 2.35. The summed E-state index contributed by atoms with van der Waals surface area (Å²) in [6.07, 6.45) is 2.02. The van der Waals surface area contributed by atoms with Gasteiger partial charge >= 0.3 is 0 Å². The first-order valence-corrected chi connectivity index (χ1v) is 8.20. The van der Waals surface area contributed by atoms with Crippen LogP contribution in [0.25, 0.3) is 0 Å². The summed E-state index contributed by atoms with van der Waals surface area (Å²) in [5.41, 5.74) is 5.05. The minimum atomic E-state index is 0.0852. The standard InChI is InChI=1S/C18H25N3O2/c1-10-13(4)23-14(5)16(10)18(22)21-9-7-8-15(21)17-11(2)19-20(6)12(17)3/h15H,7-9H2,1-6H3/t15-/m0/s1. The maximum Gasteiger partial charge on any atom is 0.258 e. The van der Waals surface area contributed by atoms with Gasteiger partial charge in [0.1, 0.15) is 11.5 Å². The smallest absolute Gasteiger partial charge is 0.258 e. The quantitative estimate of drug-likeness (QED) is 0.852. The monoisotopic (exact) mass is 315 g/mol. The Kier molecular flexibility index (Phi) is 3.82. The predicted molar refractivity (Wildman–Crippen MR) is 88.6 cm³/mol. The number of carbonyl (C=O) groups is 1. The summed E-state index contributed by atoms with van der Waals surface area (Å²) in [6.45, 7) is 10.6. The van der Waals surface area contributed by atoms with Crippen LogP contribution >= 0.6 is 0 Å². The van der Waals surface area contributed by atoms with Gasteiger partial charge in [0, 0.05) is 30.4 Å². The molecule has 124 valence electrons. The van der Waals surface area contributed by atoms with Crippen LogP contribution in [-0.2, 0) is 7.05 Å². The van der Waals surface area contributed by atoms with E-state index in [0.717, 1.165) is 53.4 Å². The Labute approximate surface area is 137 Å². The summed E-state index contributed by atoms with van der Waals surface area (Å²) < 4.78 is 7.56. The Hall–Kier alpha value is -2.04. The average Bonchev–Trinajstić information content (AvgIpc) is 3.10. The summed E-state index contributed by atoms with van der Waals surface area (Å²) in [5, 5.41) is 4.52. The molecule has 2 aromatic heterocycles. The lowest BCUT2D eigenvalue weighted by molar-refractivity contribution is 0.0732. The number of likely N-dealkylation sites (tertiary alicyclic amines) is 1. The van der Waals surface area contributed by atoms with Gasteiger partial charge in [-0.1, -0.05) is 0 Å². The molecule has 1 fully saturated rings. The molecule has 23 heavy (non-hydrogen) atoms. The van der Waals surface area contributed by atoms with Gasteiger partial charge in [0.05, 0.1) is 17.3 Å². The van der Waals surface area contributed by atoms with Crippen molar-refractivity contribution < 1.29 is 9.21 Å². The van der Waals surface area contributed by atoms with Crippen molar-refractivity contribution in [2.75, 3.05) is 6.54 Å². The van der Waals surface area contributed by atoms with Gasteiger partial charge in [0.15, 0.2) is 0 Å². The zero-order chi connectivity index (χ0) is 16.9. The number of hydrogen-bond acceptors (Lipinski definition) is 3. The summed E-state index contributed by atoms with van der Waals surface area (Å²) in [6, 6.07) is 0.116. The van der Waals surface area contributed by atoms with Gasteiger partial charge in [-0.3, -0.25) is 9.48 Å². The van der Waals surface area contributed by atoms with Crippen molar-refractivity contribution in [1.29, 1.82) is 0 Å². The summed E-state index contributed by atoms with van der Waals surface area (Å²) in [4.78, 5) is 15.2. The fourth-order valence-electron chi connectivity index (χ4n) is 3.83. The first kappa shape index (κ1) is 15.8. The highest BCUT2D eigenvalue weighted by atomic mass is 16.3. The fraction of sp³-hybridized carbons (Fsp3) is 0.556. The van der Waals surface area contributed by atoms with Gasteiger partial charge in [-0.2, -0.15) is 5.10 Å². The van der Waals surface area contributed by atoms with Crippen molar-refractivity contribution in [2.45, 2.75) is 53.5 Å². The third kappa shape index (κ3) is 2.38. The lowest BCUT2D eigenvalue weighted by Crippen LogP contribution is -2.31. The second kappa shape index (κ2) is 5.55. The van der Waals surface area contributed by atoms with E-state index >= 15 is 0 Å². The number of carbonyl (C=O) groups excluding carboxylic acids is 1. The van der Waals surface area contributed by atoms with Crippen molar-refractivity contribution in [3.8, 4) is 0 Å². The van der Waals surface area contributed by atoms with E-state index in [0.29, 0.717) is 0 Å². The molecule has 2 aromatic rings. The Bertz CT molecular complexity index is 770. The number of furan rings is 1. The van der Waals surface area contributed by atoms with E-state index in [-0.39, 0.29) is 11.9 Å². The molecule has 3 rings (SSSR count). The molecule has 5 nitrogen and oxygen atoms in total. The topological polar surface area (TPSA) is 51.3 Å². The summed E-state index contributed by atoms with van der Waals surface area (Å²) >= 11 is 0.